The summed E-state index contributed by atoms with van der Waals surface area (Å²) >= 11 is 0. The smallest absolute Gasteiger partial charge is 0.163 e. The first-order valence-electron chi connectivity index (χ1n) is 6.49. The van der Waals surface area contributed by atoms with E-state index in [1.54, 1.807) is 0 Å². The Morgan fingerprint density at radius 2 is 1.82 bits per heavy atom. The second-order valence-electron chi connectivity index (χ2n) is 4.37. The van der Waals surface area contributed by atoms with Crippen LogP contribution in [0.2, 0.25) is 0 Å². The van der Waals surface area contributed by atoms with E-state index in [1.165, 1.54) is 0 Å². The third-order valence-corrected chi connectivity index (χ3v) is 3.10. The summed E-state index contributed by atoms with van der Waals surface area (Å²) in [4.78, 5) is 0. The van der Waals surface area contributed by atoms with Crippen LogP contribution < -0.4 is 14.8 Å². The lowest BCUT2D eigenvalue weighted by atomic mass is 10.1. The fraction of sp³-hybridized carbons (Fsp3) is 0.571. The standard InChI is InChI=1S/C14H21NO2/c1-3-11(4-2)15-12-6-7-13-14(10-12)17-9-5-8-16-13/h6-7,10-11,15H,3-5,8-9H2,1-2H3. The van der Waals surface area contributed by atoms with Crippen LogP contribution in [0.1, 0.15) is 33.1 Å². The largest absolute Gasteiger partial charge is 0.490 e. The van der Waals surface area contributed by atoms with Crippen molar-refractivity contribution < 1.29 is 9.47 Å². The Kier molecular flexibility index (Phi) is 4.13. The summed E-state index contributed by atoms with van der Waals surface area (Å²) < 4.78 is 11.3. The molecule has 0 bridgehead atoms. The molecular formula is C14H21NO2. The second kappa shape index (κ2) is 5.80. The summed E-state index contributed by atoms with van der Waals surface area (Å²) in [6, 6.07) is 6.62. The molecule has 0 aliphatic carbocycles. The summed E-state index contributed by atoms with van der Waals surface area (Å²) in [5.74, 6) is 1.72. The number of hydrogen-bond acceptors (Lipinski definition) is 3. The van der Waals surface area contributed by atoms with Crippen LogP contribution >= 0.6 is 0 Å². The molecule has 94 valence electrons. The molecule has 1 aromatic rings. The van der Waals surface area contributed by atoms with E-state index < -0.39 is 0 Å². The van der Waals surface area contributed by atoms with Gasteiger partial charge in [0.2, 0.25) is 0 Å². The van der Waals surface area contributed by atoms with Gasteiger partial charge < -0.3 is 14.8 Å². The minimum absolute atomic E-state index is 0.528. The fourth-order valence-corrected chi connectivity index (χ4v) is 1.98. The lowest BCUT2D eigenvalue weighted by Gasteiger charge is -2.17. The highest BCUT2D eigenvalue weighted by Gasteiger charge is 2.11. The van der Waals surface area contributed by atoms with Crippen LogP contribution in [0.25, 0.3) is 0 Å². The van der Waals surface area contributed by atoms with Crippen molar-refractivity contribution in [2.75, 3.05) is 18.5 Å². The number of fused-ring (bicyclic) bond motifs is 1. The van der Waals surface area contributed by atoms with Crippen LogP contribution in [0, 0.1) is 0 Å². The van der Waals surface area contributed by atoms with Gasteiger partial charge in [-0.1, -0.05) is 13.8 Å². The second-order valence-corrected chi connectivity index (χ2v) is 4.37. The molecule has 0 fully saturated rings. The van der Waals surface area contributed by atoms with Crippen molar-refractivity contribution in [1.29, 1.82) is 0 Å². The van der Waals surface area contributed by atoms with Crippen LogP contribution in [0.5, 0.6) is 11.5 Å². The number of benzene rings is 1. The molecule has 0 atom stereocenters. The number of rotatable bonds is 4. The molecule has 0 aromatic heterocycles. The third kappa shape index (κ3) is 3.05. The van der Waals surface area contributed by atoms with Gasteiger partial charge in [-0.2, -0.15) is 0 Å². The highest BCUT2D eigenvalue weighted by molar-refractivity contribution is 5.55. The Hall–Kier alpha value is -1.38. The molecule has 1 heterocycles. The van der Waals surface area contributed by atoms with Crippen molar-refractivity contribution >= 4 is 5.69 Å². The molecular weight excluding hydrogens is 214 g/mol. The molecule has 3 nitrogen and oxygen atoms in total. The van der Waals surface area contributed by atoms with Crippen molar-refractivity contribution in [2.24, 2.45) is 0 Å². The lowest BCUT2D eigenvalue weighted by molar-refractivity contribution is 0.297. The minimum Gasteiger partial charge on any atom is -0.490 e. The average Bonchev–Trinajstić information content (AvgIpc) is 2.60. The maximum absolute atomic E-state index is 5.67. The molecule has 0 amide bonds. The van der Waals surface area contributed by atoms with Crippen LogP contribution in [0.3, 0.4) is 0 Å². The molecule has 1 N–H and O–H groups in total. The highest BCUT2D eigenvalue weighted by Crippen LogP contribution is 2.32. The molecule has 2 rings (SSSR count). The Bertz CT molecular complexity index is 361. The summed E-state index contributed by atoms with van der Waals surface area (Å²) in [5, 5.41) is 3.51. The van der Waals surface area contributed by atoms with Gasteiger partial charge in [-0.15, -0.1) is 0 Å². The van der Waals surface area contributed by atoms with E-state index in [0.717, 1.165) is 49.7 Å². The summed E-state index contributed by atoms with van der Waals surface area (Å²) in [5.41, 5.74) is 1.11. The van der Waals surface area contributed by atoms with E-state index in [1.807, 2.05) is 12.1 Å². The van der Waals surface area contributed by atoms with Gasteiger partial charge in [0, 0.05) is 24.2 Å². The summed E-state index contributed by atoms with van der Waals surface area (Å²) in [6.07, 6.45) is 3.21. The number of anilines is 1. The van der Waals surface area contributed by atoms with Crippen molar-refractivity contribution in [2.45, 2.75) is 39.2 Å². The molecule has 0 unspecified atom stereocenters. The number of hydrogen-bond donors (Lipinski definition) is 1. The maximum Gasteiger partial charge on any atom is 0.163 e. The lowest BCUT2D eigenvalue weighted by Crippen LogP contribution is -2.16. The average molecular weight is 235 g/mol. The van der Waals surface area contributed by atoms with Gasteiger partial charge in [0.25, 0.3) is 0 Å². The van der Waals surface area contributed by atoms with E-state index in [2.05, 4.69) is 25.2 Å². The van der Waals surface area contributed by atoms with Crippen molar-refractivity contribution in [3.8, 4) is 11.5 Å². The van der Waals surface area contributed by atoms with Gasteiger partial charge >= 0.3 is 0 Å². The molecule has 0 saturated carbocycles. The maximum atomic E-state index is 5.67. The van der Waals surface area contributed by atoms with Crippen LogP contribution in [0.15, 0.2) is 18.2 Å². The van der Waals surface area contributed by atoms with Crippen molar-refractivity contribution in [1.82, 2.24) is 0 Å². The molecule has 0 saturated heterocycles. The number of nitrogens with one attached hydrogen (secondary N) is 1. The predicted octanol–water partition coefficient (Wildman–Crippen LogP) is 3.45. The monoisotopic (exact) mass is 235 g/mol. The molecule has 1 aliphatic rings. The third-order valence-electron chi connectivity index (χ3n) is 3.10. The number of ether oxygens (including phenoxy) is 2. The first kappa shape index (κ1) is 12.1. The molecule has 1 aliphatic heterocycles. The Balaban J connectivity index is 2.12. The van der Waals surface area contributed by atoms with Gasteiger partial charge in [0.05, 0.1) is 13.2 Å². The van der Waals surface area contributed by atoms with E-state index in [0.29, 0.717) is 6.04 Å². The summed E-state index contributed by atoms with van der Waals surface area (Å²) in [7, 11) is 0. The van der Waals surface area contributed by atoms with E-state index >= 15 is 0 Å². The van der Waals surface area contributed by atoms with Crippen LogP contribution in [-0.4, -0.2) is 19.3 Å². The van der Waals surface area contributed by atoms with Gasteiger partial charge in [0.1, 0.15) is 0 Å². The molecule has 3 heteroatoms. The molecule has 1 aromatic carbocycles. The quantitative estimate of drug-likeness (QED) is 0.867. The van der Waals surface area contributed by atoms with Crippen LogP contribution in [0.4, 0.5) is 5.69 Å². The van der Waals surface area contributed by atoms with Crippen molar-refractivity contribution in [3.05, 3.63) is 18.2 Å². The van der Waals surface area contributed by atoms with Gasteiger partial charge in [0.15, 0.2) is 11.5 Å². The van der Waals surface area contributed by atoms with Gasteiger partial charge in [-0.05, 0) is 25.0 Å². The molecule has 0 spiro atoms. The summed E-state index contributed by atoms with van der Waals surface area (Å²) in [6.45, 7) is 5.88. The fourth-order valence-electron chi connectivity index (χ4n) is 1.98. The van der Waals surface area contributed by atoms with E-state index in [-0.39, 0.29) is 0 Å². The molecule has 17 heavy (non-hydrogen) atoms. The SMILES string of the molecule is CCC(CC)Nc1ccc2c(c1)OCCCO2. The zero-order chi connectivity index (χ0) is 12.1. The minimum atomic E-state index is 0.528. The van der Waals surface area contributed by atoms with Gasteiger partial charge in [-0.3, -0.25) is 0 Å². The first-order chi connectivity index (χ1) is 8.33. The Morgan fingerprint density at radius 3 is 2.53 bits per heavy atom. The molecule has 0 radical (unpaired) electrons. The zero-order valence-corrected chi connectivity index (χ0v) is 10.7. The Morgan fingerprint density at radius 1 is 1.12 bits per heavy atom. The normalized spacial score (nSPS) is 14.5. The zero-order valence-electron chi connectivity index (χ0n) is 10.7. The first-order valence-corrected chi connectivity index (χ1v) is 6.49. The van der Waals surface area contributed by atoms with Crippen LogP contribution in [-0.2, 0) is 0 Å². The predicted molar refractivity (Wildman–Crippen MR) is 70.0 cm³/mol. The highest BCUT2D eigenvalue weighted by atomic mass is 16.5. The van der Waals surface area contributed by atoms with Crippen molar-refractivity contribution in [3.63, 3.8) is 0 Å². The topological polar surface area (TPSA) is 30.5 Å². The van der Waals surface area contributed by atoms with Gasteiger partial charge in [-0.25, -0.2) is 0 Å². The van der Waals surface area contributed by atoms with E-state index in [4.69, 9.17) is 9.47 Å². The van der Waals surface area contributed by atoms with E-state index in [9.17, 15) is 0 Å². The Labute approximate surface area is 103 Å².